The molecule has 3 aromatic carbocycles. The van der Waals surface area contributed by atoms with Gasteiger partial charge >= 0.3 is 0 Å². The maximum atomic E-state index is 13.8. The van der Waals surface area contributed by atoms with E-state index in [4.69, 9.17) is 14.2 Å². The molecule has 0 aliphatic heterocycles. The van der Waals surface area contributed by atoms with Crippen LogP contribution in [-0.2, 0) is 22.6 Å². The molecule has 0 bridgehead atoms. The van der Waals surface area contributed by atoms with Crippen LogP contribution in [0.3, 0.4) is 0 Å². The van der Waals surface area contributed by atoms with Gasteiger partial charge in [0.2, 0.25) is 5.91 Å². The highest BCUT2D eigenvalue weighted by molar-refractivity contribution is 9.10. The van der Waals surface area contributed by atoms with Crippen molar-refractivity contribution in [3.63, 3.8) is 0 Å². The number of amides is 2. The number of carbonyl (C=O) groups is 2. The van der Waals surface area contributed by atoms with Crippen molar-refractivity contribution >= 4 is 27.7 Å². The molecule has 0 saturated carbocycles. The van der Waals surface area contributed by atoms with E-state index in [0.29, 0.717) is 23.7 Å². The van der Waals surface area contributed by atoms with Crippen LogP contribution in [0.5, 0.6) is 17.2 Å². The van der Waals surface area contributed by atoms with E-state index in [-0.39, 0.29) is 31.0 Å². The highest BCUT2D eigenvalue weighted by atomic mass is 79.9. The van der Waals surface area contributed by atoms with Gasteiger partial charge in [0.15, 0.2) is 6.61 Å². The second kappa shape index (κ2) is 14.4. The smallest absolute Gasteiger partial charge is 0.261 e. The molecule has 0 aliphatic rings. The minimum Gasteiger partial charge on any atom is -0.496 e. The van der Waals surface area contributed by atoms with Crippen LogP contribution in [-0.4, -0.2) is 49.6 Å². The molecule has 0 radical (unpaired) electrons. The second-order valence-corrected chi connectivity index (χ2v) is 9.93. The number of hydrogen-bond acceptors (Lipinski definition) is 5. The van der Waals surface area contributed by atoms with Crippen molar-refractivity contribution in [3.05, 3.63) is 88.4 Å². The standard InChI is InChI=1S/C30H35BrN2O5/c1-5-21(2)32-30(35)28(15-22-10-7-6-8-11-22)33(19-23-12-9-13-24(31)14-23)29(34)20-38-27-17-25(36-3)16-26(18-27)37-4/h6-14,16-18,21,28H,5,15,19-20H2,1-4H3,(H,32,35). The molecular weight excluding hydrogens is 548 g/mol. The number of nitrogens with zero attached hydrogens (tertiary/aromatic N) is 1. The summed E-state index contributed by atoms with van der Waals surface area (Å²) in [4.78, 5) is 28.9. The van der Waals surface area contributed by atoms with Crippen LogP contribution in [0.2, 0.25) is 0 Å². The first-order valence-corrected chi connectivity index (χ1v) is 13.4. The number of methoxy groups -OCH3 is 2. The van der Waals surface area contributed by atoms with Gasteiger partial charge in [-0.05, 0) is 36.6 Å². The fourth-order valence-electron chi connectivity index (χ4n) is 3.92. The lowest BCUT2D eigenvalue weighted by atomic mass is 10.0. The van der Waals surface area contributed by atoms with Gasteiger partial charge in [-0.3, -0.25) is 9.59 Å². The van der Waals surface area contributed by atoms with Crippen LogP contribution in [0.4, 0.5) is 0 Å². The Morgan fingerprint density at radius 2 is 1.53 bits per heavy atom. The molecule has 0 fully saturated rings. The maximum Gasteiger partial charge on any atom is 0.261 e. The molecule has 2 amide bonds. The zero-order chi connectivity index (χ0) is 27.5. The fraction of sp³-hybridized carbons (Fsp3) is 0.333. The second-order valence-electron chi connectivity index (χ2n) is 9.01. The summed E-state index contributed by atoms with van der Waals surface area (Å²) in [6.45, 7) is 3.95. The number of carbonyl (C=O) groups excluding carboxylic acids is 2. The Labute approximate surface area is 233 Å². The molecule has 1 N–H and O–H groups in total. The molecule has 8 heteroatoms. The fourth-order valence-corrected chi connectivity index (χ4v) is 4.37. The summed E-state index contributed by atoms with van der Waals surface area (Å²) in [5.74, 6) is 1.02. The van der Waals surface area contributed by atoms with Crippen LogP contribution in [0.15, 0.2) is 77.3 Å². The van der Waals surface area contributed by atoms with Crippen LogP contribution in [0.1, 0.15) is 31.4 Å². The van der Waals surface area contributed by atoms with E-state index in [1.54, 1.807) is 37.3 Å². The molecule has 2 unspecified atom stereocenters. The first-order chi connectivity index (χ1) is 18.3. The van der Waals surface area contributed by atoms with Gasteiger partial charge in [0.25, 0.3) is 5.91 Å². The predicted molar refractivity (Wildman–Crippen MR) is 152 cm³/mol. The summed E-state index contributed by atoms with van der Waals surface area (Å²) >= 11 is 3.51. The van der Waals surface area contributed by atoms with Gasteiger partial charge in [-0.2, -0.15) is 0 Å². The van der Waals surface area contributed by atoms with Crippen molar-refractivity contribution in [1.82, 2.24) is 10.2 Å². The molecule has 0 aliphatic carbocycles. The summed E-state index contributed by atoms with van der Waals surface area (Å²) in [7, 11) is 3.10. The predicted octanol–water partition coefficient (Wildman–Crippen LogP) is 5.40. The van der Waals surface area contributed by atoms with Gasteiger partial charge in [0.05, 0.1) is 14.2 Å². The average molecular weight is 584 g/mol. The molecule has 0 heterocycles. The molecule has 2 atom stereocenters. The van der Waals surface area contributed by atoms with E-state index in [1.165, 1.54) is 0 Å². The largest absolute Gasteiger partial charge is 0.496 e. The quantitative estimate of drug-likeness (QED) is 0.292. The molecule has 202 valence electrons. The summed E-state index contributed by atoms with van der Waals surface area (Å²) in [6, 6.07) is 21.8. The Morgan fingerprint density at radius 1 is 0.895 bits per heavy atom. The Kier molecular flexibility index (Phi) is 11.0. The number of halogens is 1. The average Bonchev–Trinajstić information content (AvgIpc) is 2.93. The van der Waals surface area contributed by atoms with Gasteiger partial charge in [-0.25, -0.2) is 0 Å². The van der Waals surface area contributed by atoms with E-state index in [0.717, 1.165) is 22.0 Å². The summed E-state index contributed by atoms with van der Waals surface area (Å²) in [6.07, 6.45) is 1.15. The molecule has 0 saturated heterocycles. The van der Waals surface area contributed by atoms with Gasteiger partial charge in [0.1, 0.15) is 23.3 Å². The minimum absolute atomic E-state index is 0.0240. The van der Waals surface area contributed by atoms with Crippen molar-refractivity contribution in [1.29, 1.82) is 0 Å². The zero-order valence-electron chi connectivity index (χ0n) is 22.3. The van der Waals surface area contributed by atoms with Crippen molar-refractivity contribution in [3.8, 4) is 17.2 Å². The third-order valence-corrected chi connectivity index (χ3v) is 6.69. The van der Waals surface area contributed by atoms with Crippen LogP contribution >= 0.6 is 15.9 Å². The van der Waals surface area contributed by atoms with Gasteiger partial charge in [-0.15, -0.1) is 0 Å². The molecule has 0 spiro atoms. The lowest BCUT2D eigenvalue weighted by Crippen LogP contribution is -2.53. The zero-order valence-corrected chi connectivity index (χ0v) is 23.9. The molecule has 3 rings (SSSR count). The molecule has 3 aromatic rings. The lowest BCUT2D eigenvalue weighted by molar-refractivity contribution is -0.143. The summed E-state index contributed by atoms with van der Waals surface area (Å²) in [5, 5.41) is 3.07. The van der Waals surface area contributed by atoms with Crippen molar-refractivity contribution < 1.29 is 23.8 Å². The monoisotopic (exact) mass is 582 g/mol. The Hall–Kier alpha value is -3.52. The van der Waals surface area contributed by atoms with Crippen LogP contribution < -0.4 is 19.5 Å². The minimum atomic E-state index is -0.735. The van der Waals surface area contributed by atoms with E-state index in [1.807, 2.05) is 68.4 Å². The Balaban J connectivity index is 1.93. The number of benzene rings is 3. The van der Waals surface area contributed by atoms with Crippen molar-refractivity contribution in [2.75, 3.05) is 20.8 Å². The molecular formula is C30H35BrN2O5. The third kappa shape index (κ3) is 8.52. The SMILES string of the molecule is CCC(C)NC(=O)C(Cc1ccccc1)N(Cc1cccc(Br)c1)C(=O)COc1cc(OC)cc(OC)c1. The van der Waals surface area contributed by atoms with Crippen LogP contribution in [0.25, 0.3) is 0 Å². The highest BCUT2D eigenvalue weighted by Crippen LogP contribution is 2.27. The van der Waals surface area contributed by atoms with E-state index in [2.05, 4.69) is 21.2 Å². The lowest BCUT2D eigenvalue weighted by Gasteiger charge is -2.32. The van der Waals surface area contributed by atoms with Crippen molar-refractivity contribution in [2.24, 2.45) is 0 Å². The normalized spacial score (nSPS) is 12.2. The van der Waals surface area contributed by atoms with Crippen LogP contribution in [0, 0.1) is 0 Å². The molecule has 7 nitrogen and oxygen atoms in total. The van der Waals surface area contributed by atoms with Gasteiger partial charge in [-0.1, -0.05) is 65.3 Å². The number of rotatable bonds is 13. The summed E-state index contributed by atoms with van der Waals surface area (Å²) < 4.78 is 17.4. The maximum absolute atomic E-state index is 13.8. The first-order valence-electron chi connectivity index (χ1n) is 12.6. The highest BCUT2D eigenvalue weighted by Gasteiger charge is 2.31. The van der Waals surface area contributed by atoms with E-state index >= 15 is 0 Å². The first kappa shape index (κ1) is 29.0. The third-order valence-electron chi connectivity index (χ3n) is 6.20. The molecule has 0 aromatic heterocycles. The Bertz CT molecular complexity index is 1180. The van der Waals surface area contributed by atoms with Crippen molar-refractivity contribution in [2.45, 2.75) is 45.3 Å². The number of nitrogens with one attached hydrogen (secondary N) is 1. The number of ether oxygens (including phenoxy) is 3. The number of hydrogen-bond donors (Lipinski definition) is 1. The van der Waals surface area contributed by atoms with Gasteiger partial charge in [0, 0.05) is 41.7 Å². The topological polar surface area (TPSA) is 77.1 Å². The van der Waals surface area contributed by atoms with E-state index in [9.17, 15) is 9.59 Å². The van der Waals surface area contributed by atoms with E-state index < -0.39 is 6.04 Å². The van der Waals surface area contributed by atoms with Gasteiger partial charge < -0.3 is 24.4 Å². The summed E-state index contributed by atoms with van der Waals surface area (Å²) in [5.41, 5.74) is 1.85. The Morgan fingerprint density at radius 3 is 2.13 bits per heavy atom. The molecule has 38 heavy (non-hydrogen) atoms.